The average Bonchev–Trinajstić information content (AvgIpc) is 2.76. The van der Waals surface area contributed by atoms with Crippen molar-refractivity contribution in [2.24, 2.45) is 5.73 Å². The lowest BCUT2D eigenvalue weighted by Crippen LogP contribution is -2.29. The summed E-state index contributed by atoms with van der Waals surface area (Å²) in [7, 11) is 0. The Balaban J connectivity index is 1.60. The molecule has 0 fully saturated rings. The van der Waals surface area contributed by atoms with Gasteiger partial charge in [0.15, 0.2) is 0 Å². The predicted octanol–water partition coefficient (Wildman–Crippen LogP) is 2.79. The van der Waals surface area contributed by atoms with Gasteiger partial charge in [-0.25, -0.2) is 0 Å². The fourth-order valence-electron chi connectivity index (χ4n) is 3.22. The first kappa shape index (κ1) is 14.3. The van der Waals surface area contributed by atoms with Crippen molar-refractivity contribution in [2.45, 2.75) is 25.8 Å². The fourth-order valence-corrected chi connectivity index (χ4v) is 3.22. The second-order valence-corrected chi connectivity index (χ2v) is 5.83. The van der Waals surface area contributed by atoms with Crippen molar-refractivity contribution in [2.75, 3.05) is 19.6 Å². The first-order valence-corrected chi connectivity index (χ1v) is 7.93. The summed E-state index contributed by atoms with van der Waals surface area (Å²) in [6.07, 6.45) is 3.45. The van der Waals surface area contributed by atoms with E-state index in [1.165, 1.54) is 48.2 Å². The molecule has 0 saturated carbocycles. The van der Waals surface area contributed by atoms with Crippen LogP contribution >= 0.6 is 0 Å². The third-order valence-electron chi connectivity index (χ3n) is 4.55. The van der Waals surface area contributed by atoms with Crippen LogP contribution in [-0.2, 0) is 25.8 Å². The monoisotopic (exact) mass is 280 g/mol. The van der Waals surface area contributed by atoms with Crippen LogP contribution < -0.4 is 5.73 Å². The molecule has 21 heavy (non-hydrogen) atoms. The van der Waals surface area contributed by atoms with Gasteiger partial charge in [-0.15, -0.1) is 0 Å². The summed E-state index contributed by atoms with van der Waals surface area (Å²) in [5.41, 5.74) is 11.6. The molecular weight excluding hydrogens is 256 g/mol. The minimum Gasteiger partial charge on any atom is -0.326 e. The van der Waals surface area contributed by atoms with Crippen LogP contribution in [0.2, 0.25) is 0 Å². The van der Waals surface area contributed by atoms with E-state index >= 15 is 0 Å². The maximum atomic E-state index is 5.83. The van der Waals surface area contributed by atoms with Crippen molar-refractivity contribution in [1.82, 2.24) is 4.90 Å². The normalized spacial score (nSPS) is 15.5. The summed E-state index contributed by atoms with van der Waals surface area (Å²) in [6.45, 7) is 4.11. The van der Waals surface area contributed by atoms with Gasteiger partial charge >= 0.3 is 0 Å². The standard InChI is InChI=1S/C19H24N2/c20-15-19-8-4-3-7-18(19)11-14-21-12-9-16-5-1-2-6-17(16)10-13-21/h1-8H,9-15,20H2. The predicted molar refractivity (Wildman–Crippen MR) is 88.3 cm³/mol. The van der Waals surface area contributed by atoms with E-state index in [2.05, 4.69) is 53.4 Å². The number of hydrogen-bond donors (Lipinski definition) is 1. The highest BCUT2D eigenvalue weighted by Crippen LogP contribution is 2.16. The Hall–Kier alpha value is -1.64. The van der Waals surface area contributed by atoms with Crippen LogP contribution in [-0.4, -0.2) is 24.5 Å². The van der Waals surface area contributed by atoms with Gasteiger partial charge in [0.25, 0.3) is 0 Å². The third-order valence-corrected chi connectivity index (χ3v) is 4.55. The van der Waals surface area contributed by atoms with E-state index in [0.29, 0.717) is 6.54 Å². The molecule has 0 aromatic heterocycles. The zero-order valence-corrected chi connectivity index (χ0v) is 12.6. The molecule has 0 bridgehead atoms. The van der Waals surface area contributed by atoms with Crippen molar-refractivity contribution in [3.63, 3.8) is 0 Å². The number of nitrogens with two attached hydrogens (primary N) is 1. The Kier molecular flexibility index (Phi) is 4.69. The van der Waals surface area contributed by atoms with Gasteiger partial charge in [0.05, 0.1) is 0 Å². The van der Waals surface area contributed by atoms with E-state index in [9.17, 15) is 0 Å². The minimum absolute atomic E-state index is 0.640. The smallest absolute Gasteiger partial charge is 0.0180 e. The maximum Gasteiger partial charge on any atom is 0.0180 e. The number of fused-ring (bicyclic) bond motifs is 1. The van der Waals surface area contributed by atoms with E-state index in [1.807, 2.05) is 0 Å². The van der Waals surface area contributed by atoms with Crippen molar-refractivity contribution in [3.05, 3.63) is 70.8 Å². The molecule has 1 aliphatic rings. The molecule has 3 rings (SSSR count). The Labute approximate surface area is 127 Å². The Bertz CT molecular complexity index is 565. The third kappa shape index (κ3) is 3.52. The minimum atomic E-state index is 0.640. The van der Waals surface area contributed by atoms with Crippen LogP contribution in [0.15, 0.2) is 48.5 Å². The zero-order chi connectivity index (χ0) is 14.5. The number of rotatable bonds is 4. The molecule has 0 aliphatic carbocycles. The Morgan fingerprint density at radius 1 is 0.810 bits per heavy atom. The SMILES string of the molecule is NCc1ccccc1CCN1CCc2ccccc2CC1. The van der Waals surface area contributed by atoms with Gasteiger partial charge in [-0.2, -0.15) is 0 Å². The lowest BCUT2D eigenvalue weighted by Gasteiger charge is -2.20. The highest BCUT2D eigenvalue weighted by molar-refractivity contribution is 5.29. The summed E-state index contributed by atoms with van der Waals surface area (Å²) < 4.78 is 0. The zero-order valence-electron chi connectivity index (χ0n) is 12.6. The van der Waals surface area contributed by atoms with E-state index in [-0.39, 0.29) is 0 Å². The summed E-state index contributed by atoms with van der Waals surface area (Å²) in [5, 5.41) is 0. The lowest BCUT2D eigenvalue weighted by molar-refractivity contribution is 0.291. The summed E-state index contributed by atoms with van der Waals surface area (Å²) in [6, 6.07) is 17.4. The highest BCUT2D eigenvalue weighted by Gasteiger charge is 2.13. The van der Waals surface area contributed by atoms with Gasteiger partial charge < -0.3 is 10.6 Å². The van der Waals surface area contributed by atoms with E-state index in [1.54, 1.807) is 0 Å². The summed E-state index contributed by atoms with van der Waals surface area (Å²) >= 11 is 0. The molecule has 2 aromatic rings. The topological polar surface area (TPSA) is 29.3 Å². The molecule has 0 amide bonds. The van der Waals surface area contributed by atoms with Gasteiger partial charge in [-0.1, -0.05) is 48.5 Å². The van der Waals surface area contributed by atoms with Gasteiger partial charge in [-0.3, -0.25) is 0 Å². The van der Waals surface area contributed by atoms with Gasteiger partial charge in [0.2, 0.25) is 0 Å². The van der Waals surface area contributed by atoms with E-state index in [0.717, 1.165) is 13.0 Å². The summed E-state index contributed by atoms with van der Waals surface area (Å²) in [4.78, 5) is 2.59. The second kappa shape index (κ2) is 6.88. The molecule has 2 nitrogen and oxygen atoms in total. The molecule has 2 heteroatoms. The molecule has 1 aliphatic heterocycles. The molecule has 0 saturated heterocycles. The molecule has 0 atom stereocenters. The van der Waals surface area contributed by atoms with Crippen molar-refractivity contribution in [1.29, 1.82) is 0 Å². The number of benzene rings is 2. The lowest BCUT2D eigenvalue weighted by atomic mass is 10.0. The number of nitrogens with zero attached hydrogens (tertiary/aromatic N) is 1. The molecule has 0 spiro atoms. The van der Waals surface area contributed by atoms with E-state index < -0.39 is 0 Å². The molecule has 110 valence electrons. The maximum absolute atomic E-state index is 5.83. The highest BCUT2D eigenvalue weighted by atomic mass is 15.1. The largest absolute Gasteiger partial charge is 0.326 e. The fraction of sp³-hybridized carbons (Fsp3) is 0.368. The Morgan fingerprint density at radius 3 is 2.00 bits per heavy atom. The molecule has 2 N–H and O–H groups in total. The first-order valence-electron chi connectivity index (χ1n) is 7.93. The van der Waals surface area contributed by atoms with Crippen molar-refractivity contribution in [3.8, 4) is 0 Å². The first-order chi connectivity index (χ1) is 10.4. The second-order valence-electron chi connectivity index (χ2n) is 5.83. The van der Waals surface area contributed by atoms with Gasteiger partial charge in [0, 0.05) is 26.2 Å². The van der Waals surface area contributed by atoms with Crippen molar-refractivity contribution < 1.29 is 0 Å². The van der Waals surface area contributed by atoms with Crippen LogP contribution in [0.3, 0.4) is 0 Å². The van der Waals surface area contributed by atoms with Crippen molar-refractivity contribution >= 4 is 0 Å². The van der Waals surface area contributed by atoms with Crippen LogP contribution in [0.25, 0.3) is 0 Å². The van der Waals surface area contributed by atoms with E-state index in [4.69, 9.17) is 5.73 Å². The summed E-state index contributed by atoms with van der Waals surface area (Å²) in [5.74, 6) is 0. The molecule has 1 heterocycles. The molecule has 0 unspecified atom stereocenters. The van der Waals surface area contributed by atoms with Crippen LogP contribution in [0, 0.1) is 0 Å². The molecular formula is C19H24N2. The molecule has 0 radical (unpaired) electrons. The average molecular weight is 280 g/mol. The van der Waals surface area contributed by atoms with Crippen LogP contribution in [0.5, 0.6) is 0 Å². The van der Waals surface area contributed by atoms with Crippen LogP contribution in [0.1, 0.15) is 22.3 Å². The number of hydrogen-bond acceptors (Lipinski definition) is 2. The van der Waals surface area contributed by atoms with Crippen LogP contribution in [0.4, 0.5) is 0 Å². The quantitative estimate of drug-likeness (QED) is 0.933. The van der Waals surface area contributed by atoms with Gasteiger partial charge in [0.1, 0.15) is 0 Å². The van der Waals surface area contributed by atoms with Gasteiger partial charge in [-0.05, 0) is 41.5 Å². The molecule has 2 aromatic carbocycles. The Morgan fingerprint density at radius 2 is 1.38 bits per heavy atom.